The summed E-state index contributed by atoms with van der Waals surface area (Å²) >= 11 is 0. The van der Waals surface area contributed by atoms with Crippen LogP contribution in [0.4, 0.5) is 0 Å². The van der Waals surface area contributed by atoms with Crippen LogP contribution in [0.1, 0.15) is 10.4 Å². The highest BCUT2D eigenvalue weighted by Gasteiger charge is 2.21. The van der Waals surface area contributed by atoms with Gasteiger partial charge in [0.25, 0.3) is 0 Å². The minimum Gasteiger partial charge on any atom is -0.497 e. The van der Waals surface area contributed by atoms with Gasteiger partial charge in [-0.15, -0.1) is 0 Å². The first-order valence-corrected chi connectivity index (χ1v) is 8.52. The third-order valence-electron chi connectivity index (χ3n) is 3.91. The van der Waals surface area contributed by atoms with E-state index in [0.717, 1.165) is 6.26 Å². The number of carbonyl (C=O) groups excluding carboxylic acids is 3. The fourth-order valence-electron chi connectivity index (χ4n) is 2.31. The van der Waals surface area contributed by atoms with Gasteiger partial charge in [-0.2, -0.15) is 0 Å². The van der Waals surface area contributed by atoms with Crippen molar-refractivity contribution in [2.75, 3.05) is 21.3 Å². The zero-order valence-corrected chi connectivity index (χ0v) is 16.2. The van der Waals surface area contributed by atoms with E-state index in [9.17, 15) is 14.4 Å². The van der Waals surface area contributed by atoms with Gasteiger partial charge in [-0.3, -0.25) is 0 Å². The highest BCUT2D eigenvalue weighted by atomic mass is 16.5. The number of methoxy groups -OCH3 is 3. The summed E-state index contributed by atoms with van der Waals surface area (Å²) < 4.78 is 19.5. The Labute approximate surface area is 168 Å². The van der Waals surface area contributed by atoms with Crippen LogP contribution < -0.4 is 4.74 Å². The molecule has 0 N–H and O–H groups in total. The Morgan fingerprint density at radius 1 is 0.966 bits per heavy atom. The lowest BCUT2D eigenvalue weighted by atomic mass is 9.98. The molecule has 1 aliphatic rings. The second-order valence-electron chi connectivity index (χ2n) is 5.69. The van der Waals surface area contributed by atoms with Gasteiger partial charge in [-0.25, -0.2) is 14.4 Å². The van der Waals surface area contributed by atoms with Gasteiger partial charge in [-0.05, 0) is 24.3 Å². The van der Waals surface area contributed by atoms with Crippen LogP contribution in [0.2, 0.25) is 0 Å². The minimum absolute atomic E-state index is 0.137. The van der Waals surface area contributed by atoms with Crippen molar-refractivity contribution in [2.24, 2.45) is 5.92 Å². The van der Waals surface area contributed by atoms with Crippen molar-refractivity contribution in [2.45, 2.75) is 0 Å². The van der Waals surface area contributed by atoms with Gasteiger partial charge < -0.3 is 23.8 Å². The molecular weight excluding hydrogens is 378 g/mol. The van der Waals surface area contributed by atoms with E-state index in [2.05, 4.69) is 4.74 Å². The Balaban J connectivity index is 2.10. The molecule has 0 aliphatic carbocycles. The summed E-state index contributed by atoms with van der Waals surface area (Å²) in [7, 11) is 4.05. The second-order valence-corrected chi connectivity index (χ2v) is 5.69. The zero-order valence-electron chi connectivity index (χ0n) is 16.2. The SMILES string of the molecule is COC(=O)/C=C/N1C=CC(/C(=C\OC(=O)c2ccc(OC)cc2)C(=O)OC)C=C1. The molecule has 0 saturated heterocycles. The fourth-order valence-corrected chi connectivity index (χ4v) is 2.31. The summed E-state index contributed by atoms with van der Waals surface area (Å²) in [5, 5.41) is 0. The average molecular weight is 399 g/mol. The predicted molar refractivity (Wildman–Crippen MR) is 103 cm³/mol. The summed E-state index contributed by atoms with van der Waals surface area (Å²) in [6.45, 7) is 0. The summed E-state index contributed by atoms with van der Waals surface area (Å²) in [6, 6.07) is 6.37. The standard InChI is InChI=1S/C21H21NO7/c1-26-17-6-4-16(5-7-17)20(24)29-14-18(21(25)28-3)15-8-11-22(12-9-15)13-10-19(23)27-2/h4-15H,1-3H3/b13-10+,18-14+. The Kier molecular flexibility index (Phi) is 7.78. The van der Waals surface area contributed by atoms with Crippen molar-refractivity contribution < 1.29 is 33.3 Å². The number of nitrogens with zero attached hydrogens (tertiary/aromatic N) is 1. The lowest BCUT2D eigenvalue weighted by Gasteiger charge is -2.19. The van der Waals surface area contributed by atoms with E-state index in [1.165, 1.54) is 33.6 Å². The highest BCUT2D eigenvalue weighted by molar-refractivity contribution is 5.92. The van der Waals surface area contributed by atoms with Crippen LogP contribution in [-0.4, -0.2) is 44.1 Å². The Hall–Kier alpha value is -3.81. The molecule has 8 nitrogen and oxygen atoms in total. The van der Waals surface area contributed by atoms with Crippen LogP contribution >= 0.6 is 0 Å². The quantitative estimate of drug-likeness (QED) is 0.299. The predicted octanol–water partition coefficient (Wildman–Crippen LogP) is 2.55. The molecule has 29 heavy (non-hydrogen) atoms. The smallest absolute Gasteiger partial charge is 0.342 e. The Morgan fingerprint density at radius 3 is 2.17 bits per heavy atom. The molecule has 0 amide bonds. The van der Waals surface area contributed by atoms with Crippen LogP contribution in [0, 0.1) is 5.92 Å². The number of hydrogen-bond acceptors (Lipinski definition) is 8. The molecular formula is C21H21NO7. The van der Waals surface area contributed by atoms with Crippen LogP contribution in [-0.2, 0) is 23.8 Å². The maximum absolute atomic E-state index is 12.2. The maximum Gasteiger partial charge on any atom is 0.342 e. The van der Waals surface area contributed by atoms with Crippen molar-refractivity contribution in [1.82, 2.24) is 4.90 Å². The fraction of sp³-hybridized carbons (Fsp3) is 0.190. The first-order chi connectivity index (χ1) is 14.0. The molecule has 152 valence electrons. The highest BCUT2D eigenvalue weighted by Crippen LogP contribution is 2.21. The molecule has 1 aromatic carbocycles. The first kappa shape index (κ1) is 21.5. The number of rotatable bonds is 7. The molecule has 0 spiro atoms. The topological polar surface area (TPSA) is 91.4 Å². The Bertz CT molecular complexity index is 852. The molecule has 1 aromatic rings. The molecule has 0 radical (unpaired) electrons. The van der Waals surface area contributed by atoms with Gasteiger partial charge in [0.1, 0.15) is 12.0 Å². The summed E-state index contributed by atoms with van der Waals surface area (Å²) in [5.74, 6) is -1.62. The third kappa shape index (κ3) is 6.10. The van der Waals surface area contributed by atoms with Gasteiger partial charge in [0.2, 0.25) is 0 Å². The molecule has 8 heteroatoms. The molecule has 2 rings (SSSR count). The minimum atomic E-state index is -0.634. The van der Waals surface area contributed by atoms with E-state index in [1.807, 2.05) is 0 Å². The maximum atomic E-state index is 12.2. The molecule has 0 bridgehead atoms. The van der Waals surface area contributed by atoms with Crippen molar-refractivity contribution in [1.29, 1.82) is 0 Å². The van der Waals surface area contributed by atoms with Gasteiger partial charge in [0.05, 0.1) is 32.5 Å². The number of hydrogen-bond donors (Lipinski definition) is 0. The van der Waals surface area contributed by atoms with E-state index in [-0.39, 0.29) is 5.57 Å². The zero-order chi connectivity index (χ0) is 21.2. The van der Waals surface area contributed by atoms with E-state index in [0.29, 0.717) is 11.3 Å². The summed E-state index contributed by atoms with van der Waals surface area (Å²) in [6.07, 6.45) is 10.5. The largest absolute Gasteiger partial charge is 0.497 e. The van der Waals surface area contributed by atoms with Crippen LogP contribution in [0.5, 0.6) is 5.75 Å². The monoisotopic (exact) mass is 399 g/mol. The van der Waals surface area contributed by atoms with Gasteiger partial charge in [-0.1, -0.05) is 12.2 Å². The molecule has 0 atom stereocenters. The number of esters is 3. The normalized spacial score (nSPS) is 14.0. The average Bonchev–Trinajstić information content (AvgIpc) is 2.77. The molecule has 0 aromatic heterocycles. The second kappa shape index (κ2) is 10.5. The lowest BCUT2D eigenvalue weighted by Crippen LogP contribution is -2.17. The van der Waals surface area contributed by atoms with Crippen molar-refractivity contribution in [3.05, 3.63) is 78.5 Å². The van der Waals surface area contributed by atoms with Gasteiger partial charge in [0, 0.05) is 30.6 Å². The van der Waals surface area contributed by atoms with Crippen molar-refractivity contribution in [3.63, 3.8) is 0 Å². The van der Waals surface area contributed by atoms with Crippen LogP contribution in [0.3, 0.4) is 0 Å². The number of carbonyl (C=O) groups is 3. The van der Waals surface area contributed by atoms with Crippen LogP contribution in [0.25, 0.3) is 0 Å². The Morgan fingerprint density at radius 2 is 1.62 bits per heavy atom. The van der Waals surface area contributed by atoms with E-state index < -0.39 is 23.8 Å². The molecule has 0 saturated carbocycles. The van der Waals surface area contributed by atoms with E-state index in [1.54, 1.807) is 53.7 Å². The van der Waals surface area contributed by atoms with Gasteiger partial charge >= 0.3 is 17.9 Å². The number of allylic oxidation sites excluding steroid dienone is 2. The van der Waals surface area contributed by atoms with Gasteiger partial charge in [0.15, 0.2) is 0 Å². The lowest BCUT2D eigenvalue weighted by molar-refractivity contribution is -0.136. The molecule has 0 fully saturated rings. The van der Waals surface area contributed by atoms with E-state index >= 15 is 0 Å². The van der Waals surface area contributed by atoms with Crippen molar-refractivity contribution >= 4 is 17.9 Å². The molecule has 1 heterocycles. The third-order valence-corrected chi connectivity index (χ3v) is 3.91. The summed E-state index contributed by atoms with van der Waals surface area (Å²) in [5.41, 5.74) is 0.443. The van der Waals surface area contributed by atoms with E-state index in [4.69, 9.17) is 14.2 Å². The van der Waals surface area contributed by atoms with Crippen LogP contribution in [0.15, 0.2) is 72.9 Å². The summed E-state index contributed by atoms with van der Waals surface area (Å²) in [4.78, 5) is 37.1. The first-order valence-electron chi connectivity index (χ1n) is 8.52. The number of benzene rings is 1. The number of ether oxygens (including phenoxy) is 4. The van der Waals surface area contributed by atoms with Crippen molar-refractivity contribution in [3.8, 4) is 5.75 Å². The molecule has 0 unspecified atom stereocenters. The molecule has 1 aliphatic heterocycles.